The molecule has 0 atom stereocenters. The van der Waals surface area contributed by atoms with Crippen LogP contribution >= 0.6 is 23.1 Å². The predicted octanol–water partition coefficient (Wildman–Crippen LogP) is 4.69. The van der Waals surface area contributed by atoms with Crippen LogP contribution in [0.5, 0.6) is 0 Å². The fourth-order valence-corrected chi connectivity index (χ4v) is 4.53. The van der Waals surface area contributed by atoms with Crippen molar-refractivity contribution in [1.29, 1.82) is 0 Å². The number of thioether (sulfide) groups is 1. The van der Waals surface area contributed by atoms with Crippen LogP contribution in [0.15, 0.2) is 66.0 Å². The van der Waals surface area contributed by atoms with Gasteiger partial charge in [0.15, 0.2) is 0 Å². The Morgan fingerprint density at radius 1 is 1.06 bits per heavy atom. The van der Waals surface area contributed by atoms with Crippen molar-refractivity contribution in [3.8, 4) is 21.1 Å². The summed E-state index contributed by atoms with van der Waals surface area (Å²) in [7, 11) is 0. The number of carbonyl (C=O) groups excluding carboxylic acids is 1. The van der Waals surface area contributed by atoms with Crippen molar-refractivity contribution in [1.82, 2.24) is 25.5 Å². The largest absolute Gasteiger partial charge is 0.351 e. The molecule has 1 N–H and O–H groups in total. The first-order chi connectivity index (χ1) is 15.1. The van der Waals surface area contributed by atoms with Crippen molar-refractivity contribution < 1.29 is 4.79 Å². The molecule has 3 heterocycles. The molecule has 6 nitrogen and oxygen atoms in total. The number of rotatable bonds is 7. The van der Waals surface area contributed by atoms with E-state index in [1.807, 2.05) is 62.4 Å². The Labute approximate surface area is 189 Å². The lowest BCUT2D eigenvalue weighted by atomic mass is 10.1. The molecule has 0 saturated carbocycles. The van der Waals surface area contributed by atoms with Crippen LogP contribution in [0.25, 0.3) is 21.1 Å². The van der Waals surface area contributed by atoms with Crippen LogP contribution in [0, 0.1) is 13.8 Å². The second kappa shape index (κ2) is 9.80. The third kappa shape index (κ3) is 5.53. The van der Waals surface area contributed by atoms with Crippen LogP contribution in [0.3, 0.4) is 0 Å². The van der Waals surface area contributed by atoms with E-state index in [1.165, 1.54) is 17.3 Å². The van der Waals surface area contributed by atoms with Gasteiger partial charge in [-0.1, -0.05) is 41.6 Å². The highest BCUT2D eigenvalue weighted by atomic mass is 32.2. The SMILES string of the molecule is Cc1ccc(CNC(=O)CSc2ccc(-c3sc(-c4cccnc4)nc3C)nn2)cc1. The zero-order valence-electron chi connectivity index (χ0n) is 17.2. The Hall–Kier alpha value is -3.10. The molecule has 0 unspecified atom stereocenters. The van der Waals surface area contributed by atoms with Crippen LogP contribution in [0.1, 0.15) is 16.8 Å². The van der Waals surface area contributed by atoms with E-state index in [9.17, 15) is 4.79 Å². The Morgan fingerprint density at radius 3 is 2.61 bits per heavy atom. The summed E-state index contributed by atoms with van der Waals surface area (Å²) in [6.07, 6.45) is 3.55. The summed E-state index contributed by atoms with van der Waals surface area (Å²) in [4.78, 5) is 21.9. The molecule has 0 spiro atoms. The van der Waals surface area contributed by atoms with Gasteiger partial charge in [0.2, 0.25) is 5.91 Å². The number of thiazole rings is 1. The first-order valence-corrected chi connectivity index (χ1v) is 11.6. The van der Waals surface area contributed by atoms with Crippen molar-refractivity contribution in [2.24, 2.45) is 0 Å². The van der Waals surface area contributed by atoms with E-state index in [0.29, 0.717) is 17.3 Å². The minimum atomic E-state index is -0.0316. The second-order valence-corrected chi connectivity index (χ2v) is 8.98. The molecule has 0 bridgehead atoms. The molecule has 1 aromatic carbocycles. The summed E-state index contributed by atoms with van der Waals surface area (Å²) in [6.45, 7) is 4.53. The van der Waals surface area contributed by atoms with Crippen LogP contribution in [0.2, 0.25) is 0 Å². The van der Waals surface area contributed by atoms with Gasteiger partial charge in [-0.3, -0.25) is 9.78 Å². The molecule has 4 rings (SSSR count). The second-order valence-electron chi connectivity index (χ2n) is 6.98. The smallest absolute Gasteiger partial charge is 0.230 e. The molecule has 4 aromatic rings. The van der Waals surface area contributed by atoms with Gasteiger partial charge in [-0.2, -0.15) is 0 Å². The van der Waals surface area contributed by atoms with Gasteiger partial charge >= 0.3 is 0 Å². The number of aryl methyl sites for hydroxylation is 2. The fraction of sp³-hybridized carbons (Fsp3) is 0.174. The number of aromatic nitrogens is 4. The molecule has 0 fully saturated rings. The summed E-state index contributed by atoms with van der Waals surface area (Å²) < 4.78 is 0. The maximum absolute atomic E-state index is 12.1. The van der Waals surface area contributed by atoms with Gasteiger partial charge in [0.1, 0.15) is 15.7 Å². The van der Waals surface area contributed by atoms with Gasteiger partial charge in [-0.05, 0) is 43.7 Å². The summed E-state index contributed by atoms with van der Waals surface area (Å²) in [5.74, 6) is 0.265. The lowest BCUT2D eigenvalue weighted by Crippen LogP contribution is -2.24. The van der Waals surface area contributed by atoms with E-state index < -0.39 is 0 Å². The van der Waals surface area contributed by atoms with Gasteiger partial charge in [-0.15, -0.1) is 21.5 Å². The minimum absolute atomic E-state index is 0.0316. The molecule has 1 amide bonds. The molecule has 156 valence electrons. The number of nitrogens with one attached hydrogen (secondary N) is 1. The lowest BCUT2D eigenvalue weighted by molar-refractivity contribution is -0.118. The van der Waals surface area contributed by atoms with Crippen molar-refractivity contribution in [2.45, 2.75) is 25.4 Å². The number of carbonyl (C=O) groups is 1. The molecule has 0 aliphatic heterocycles. The molecule has 0 saturated heterocycles. The molecule has 31 heavy (non-hydrogen) atoms. The summed E-state index contributed by atoms with van der Waals surface area (Å²) >= 11 is 2.94. The number of pyridine rings is 1. The third-order valence-corrected chi connectivity index (χ3v) is 6.69. The maximum Gasteiger partial charge on any atom is 0.230 e. The van der Waals surface area contributed by atoms with Crippen molar-refractivity contribution >= 4 is 29.0 Å². The normalized spacial score (nSPS) is 10.8. The summed E-state index contributed by atoms with van der Waals surface area (Å²) in [6, 6.07) is 15.8. The number of benzene rings is 1. The van der Waals surface area contributed by atoms with Crippen LogP contribution in [-0.4, -0.2) is 31.8 Å². The molecule has 0 aliphatic carbocycles. The van der Waals surface area contributed by atoms with E-state index in [-0.39, 0.29) is 5.91 Å². The maximum atomic E-state index is 12.1. The minimum Gasteiger partial charge on any atom is -0.351 e. The number of hydrogen-bond donors (Lipinski definition) is 1. The zero-order chi connectivity index (χ0) is 21.6. The monoisotopic (exact) mass is 447 g/mol. The van der Waals surface area contributed by atoms with Gasteiger partial charge in [0.05, 0.1) is 16.3 Å². The van der Waals surface area contributed by atoms with Crippen molar-refractivity contribution in [2.75, 3.05) is 5.75 Å². The number of hydrogen-bond acceptors (Lipinski definition) is 7. The van der Waals surface area contributed by atoms with E-state index in [2.05, 4.69) is 25.5 Å². The van der Waals surface area contributed by atoms with Gasteiger partial charge in [-0.25, -0.2) is 4.98 Å². The molecule has 0 radical (unpaired) electrons. The lowest BCUT2D eigenvalue weighted by Gasteiger charge is -2.05. The zero-order valence-corrected chi connectivity index (χ0v) is 18.8. The highest BCUT2D eigenvalue weighted by Crippen LogP contribution is 2.34. The van der Waals surface area contributed by atoms with E-state index >= 15 is 0 Å². The highest BCUT2D eigenvalue weighted by molar-refractivity contribution is 7.99. The van der Waals surface area contributed by atoms with Crippen LogP contribution in [0.4, 0.5) is 0 Å². The Kier molecular flexibility index (Phi) is 6.69. The first kappa shape index (κ1) is 21.1. The molecular weight excluding hydrogens is 426 g/mol. The number of amides is 1. The topological polar surface area (TPSA) is 80.7 Å². The van der Waals surface area contributed by atoms with E-state index in [1.54, 1.807) is 23.7 Å². The molecular formula is C23H21N5OS2. The summed E-state index contributed by atoms with van der Waals surface area (Å²) in [5.41, 5.74) is 4.96. The Balaban J connectivity index is 1.34. The fourth-order valence-electron chi connectivity index (χ4n) is 2.86. The van der Waals surface area contributed by atoms with Crippen molar-refractivity contribution in [3.05, 3.63) is 77.7 Å². The Morgan fingerprint density at radius 2 is 1.90 bits per heavy atom. The van der Waals surface area contributed by atoms with Gasteiger partial charge in [0.25, 0.3) is 0 Å². The Bertz CT molecular complexity index is 1160. The van der Waals surface area contributed by atoms with Gasteiger partial charge < -0.3 is 5.32 Å². The summed E-state index contributed by atoms with van der Waals surface area (Å²) in [5, 5.41) is 13.2. The van der Waals surface area contributed by atoms with E-state index in [0.717, 1.165) is 32.4 Å². The molecule has 8 heteroatoms. The van der Waals surface area contributed by atoms with Gasteiger partial charge in [0, 0.05) is 24.5 Å². The highest BCUT2D eigenvalue weighted by Gasteiger charge is 2.13. The number of nitrogens with zero attached hydrogens (tertiary/aromatic N) is 4. The predicted molar refractivity (Wildman–Crippen MR) is 125 cm³/mol. The van der Waals surface area contributed by atoms with Crippen molar-refractivity contribution in [3.63, 3.8) is 0 Å². The van der Waals surface area contributed by atoms with Crippen LogP contribution in [-0.2, 0) is 11.3 Å². The first-order valence-electron chi connectivity index (χ1n) is 9.75. The van der Waals surface area contributed by atoms with Crippen LogP contribution < -0.4 is 5.32 Å². The third-order valence-electron chi connectivity index (χ3n) is 4.54. The quantitative estimate of drug-likeness (QED) is 0.414. The average molecular weight is 448 g/mol. The van der Waals surface area contributed by atoms with E-state index in [4.69, 9.17) is 0 Å². The molecule has 3 aromatic heterocycles. The molecule has 0 aliphatic rings. The average Bonchev–Trinajstić information content (AvgIpc) is 3.20. The standard InChI is InChI=1S/C23H21N5OS2/c1-15-5-7-17(8-6-15)12-25-20(29)14-30-21-10-9-19(27-28-21)22-16(2)26-23(31-22)18-4-3-11-24-13-18/h3-11,13H,12,14H2,1-2H3,(H,25,29).